The molecular formula is C24H23N6O4+. The summed E-state index contributed by atoms with van der Waals surface area (Å²) >= 11 is 0. The Balaban J connectivity index is 1.75. The standard InChI is InChI=1S/C24H22N6O4/c1-5-21(31)26-19-8-6-7-9-20(19)27-23-25-13-15-14-30(24(32)29(2)22(15)28-23)16-10-17(33-3)12-18(11-16)34-4/h5-14H,1H2,2-4H3,(H,26,31)/p+1. The van der Waals surface area contributed by atoms with Gasteiger partial charge in [0.05, 0.1) is 38.8 Å². The molecule has 0 atom stereocenters. The number of carbonyl (C=O) groups is 1. The Morgan fingerprint density at radius 1 is 1.12 bits per heavy atom. The van der Waals surface area contributed by atoms with Crippen molar-refractivity contribution >= 4 is 34.3 Å². The molecule has 1 amide bonds. The summed E-state index contributed by atoms with van der Waals surface area (Å²) in [6.07, 6.45) is 4.46. The molecule has 0 spiro atoms. The van der Waals surface area contributed by atoms with Crippen LogP contribution in [-0.4, -0.2) is 34.7 Å². The summed E-state index contributed by atoms with van der Waals surface area (Å²) in [5.41, 5.74) is 1.83. The van der Waals surface area contributed by atoms with Crippen molar-refractivity contribution in [3.63, 3.8) is 0 Å². The van der Waals surface area contributed by atoms with Crippen molar-refractivity contribution in [2.24, 2.45) is 7.05 Å². The van der Waals surface area contributed by atoms with Gasteiger partial charge in [0.2, 0.25) is 5.91 Å². The Hall–Kier alpha value is -4.73. The van der Waals surface area contributed by atoms with Crippen LogP contribution in [0.4, 0.5) is 17.3 Å². The third kappa shape index (κ3) is 4.42. The number of anilines is 3. The van der Waals surface area contributed by atoms with Gasteiger partial charge in [0, 0.05) is 24.4 Å². The maximum absolute atomic E-state index is 13.2. The molecule has 0 saturated heterocycles. The number of aromatic nitrogens is 4. The number of hydrogen-bond donors (Lipinski definition) is 2. The number of para-hydroxylation sites is 2. The predicted octanol–water partition coefficient (Wildman–Crippen LogP) is 2.49. The smallest absolute Gasteiger partial charge is 0.448 e. The molecule has 34 heavy (non-hydrogen) atoms. The number of amides is 1. The lowest BCUT2D eigenvalue weighted by Crippen LogP contribution is -2.51. The first kappa shape index (κ1) is 22.5. The van der Waals surface area contributed by atoms with Crippen molar-refractivity contribution in [2.75, 3.05) is 24.9 Å². The average Bonchev–Trinajstić information content (AvgIpc) is 2.87. The van der Waals surface area contributed by atoms with Crippen LogP contribution < -0.4 is 30.4 Å². The van der Waals surface area contributed by atoms with Gasteiger partial charge in [0.1, 0.15) is 22.6 Å². The molecule has 2 aromatic carbocycles. The maximum atomic E-state index is 13.2. The fraction of sp³-hybridized carbons (Fsp3) is 0.125. The molecule has 4 aromatic rings. The van der Waals surface area contributed by atoms with E-state index in [0.29, 0.717) is 39.6 Å². The maximum Gasteiger partial charge on any atom is 0.448 e. The van der Waals surface area contributed by atoms with Crippen LogP contribution in [-0.2, 0) is 11.8 Å². The van der Waals surface area contributed by atoms with E-state index in [1.807, 2.05) is 6.07 Å². The van der Waals surface area contributed by atoms with Gasteiger partial charge < -0.3 is 20.1 Å². The molecule has 0 fully saturated rings. The number of nitrogens with zero attached hydrogens (tertiary/aromatic N) is 4. The van der Waals surface area contributed by atoms with E-state index in [4.69, 9.17) is 9.47 Å². The molecular weight excluding hydrogens is 436 g/mol. The van der Waals surface area contributed by atoms with Crippen LogP contribution in [0.2, 0.25) is 0 Å². The number of rotatable bonds is 7. The van der Waals surface area contributed by atoms with Crippen molar-refractivity contribution in [1.82, 2.24) is 14.5 Å². The van der Waals surface area contributed by atoms with Gasteiger partial charge in [-0.15, -0.1) is 0 Å². The minimum atomic E-state index is -0.338. The molecule has 2 heterocycles. The number of ether oxygens (including phenoxy) is 2. The number of carbonyl (C=O) groups excluding carboxylic acids is 1. The topological polar surface area (TPSA) is 111 Å². The van der Waals surface area contributed by atoms with Crippen molar-refractivity contribution in [3.05, 3.63) is 78.0 Å². The molecule has 2 aromatic heterocycles. The normalized spacial score (nSPS) is 10.6. The molecule has 0 aliphatic rings. The van der Waals surface area contributed by atoms with Gasteiger partial charge in [-0.2, -0.15) is 9.13 Å². The zero-order valence-electron chi connectivity index (χ0n) is 18.9. The average molecular weight is 459 g/mol. The number of benzene rings is 2. The minimum absolute atomic E-state index is 0.267. The molecule has 0 aliphatic carbocycles. The number of aryl methyl sites for hydroxylation is 1. The van der Waals surface area contributed by atoms with Crippen LogP contribution >= 0.6 is 0 Å². The van der Waals surface area contributed by atoms with Crippen molar-refractivity contribution in [1.29, 1.82) is 0 Å². The number of hydrogen-bond acceptors (Lipinski definition) is 7. The Kier molecular flexibility index (Phi) is 6.22. The summed E-state index contributed by atoms with van der Waals surface area (Å²) in [5, 5.41) is 6.46. The Labute approximate surface area is 195 Å². The molecule has 0 bridgehead atoms. The van der Waals surface area contributed by atoms with Crippen molar-refractivity contribution < 1.29 is 18.8 Å². The zero-order valence-corrected chi connectivity index (χ0v) is 18.9. The van der Waals surface area contributed by atoms with Crippen molar-refractivity contribution in [2.45, 2.75) is 0 Å². The second-order valence-corrected chi connectivity index (χ2v) is 7.25. The lowest BCUT2D eigenvalue weighted by Gasteiger charge is -2.11. The molecule has 0 radical (unpaired) electrons. The van der Waals surface area contributed by atoms with Gasteiger partial charge in [-0.05, 0) is 18.2 Å². The van der Waals surface area contributed by atoms with Crippen LogP contribution in [0.5, 0.6) is 11.5 Å². The van der Waals surface area contributed by atoms with Gasteiger partial charge in [-0.3, -0.25) is 4.79 Å². The molecule has 172 valence electrons. The second kappa shape index (κ2) is 9.41. The van der Waals surface area contributed by atoms with Crippen LogP contribution in [0.1, 0.15) is 0 Å². The first-order valence-electron chi connectivity index (χ1n) is 10.2. The van der Waals surface area contributed by atoms with E-state index in [1.165, 1.54) is 15.2 Å². The molecule has 4 rings (SSSR count). The summed E-state index contributed by atoms with van der Waals surface area (Å²) in [7, 11) is 4.73. The monoisotopic (exact) mass is 459 g/mol. The molecule has 10 nitrogen and oxygen atoms in total. The largest absolute Gasteiger partial charge is 0.496 e. The molecule has 0 aliphatic heterocycles. The van der Waals surface area contributed by atoms with Crippen LogP contribution in [0.25, 0.3) is 16.7 Å². The van der Waals surface area contributed by atoms with E-state index in [2.05, 4.69) is 27.2 Å². The molecule has 0 unspecified atom stereocenters. The highest BCUT2D eigenvalue weighted by atomic mass is 16.5. The fourth-order valence-corrected chi connectivity index (χ4v) is 3.37. The summed E-state index contributed by atoms with van der Waals surface area (Å²) in [5.74, 6) is 1.04. The minimum Gasteiger partial charge on any atom is -0.496 e. The van der Waals surface area contributed by atoms with E-state index in [-0.39, 0.29) is 17.5 Å². The van der Waals surface area contributed by atoms with Crippen LogP contribution in [0.15, 0.2) is 72.3 Å². The van der Waals surface area contributed by atoms with E-state index in [9.17, 15) is 9.59 Å². The van der Waals surface area contributed by atoms with E-state index < -0.39 is 0 Å². The zero-order chi connectivity index (χ0) is 24.2. The van der Waals surface area contributed by atoms with Crippen LogP contribution in [0, 0.1) is 0 Å². The highest BCUT2D eigenvalue weighted by Gasteiger charge is 2.19. The van der Waals surface area contributed by atoms with Gasteiger partial charge in [0.15, 0.2) is 0 Å². The third-order valence-electron chi connectivity index (χ3n) is 5.11. The Morgan fingerprint density at radius 2 is 1.79 bits per heavy atom. The van der Waals surface area contributed by atoms with Gasteiger partial charge >= 0.3 is 11.6 Å². The summed E-state index contributed by atoms with van der Waals surface area (Å²) in [4.78, 5) is 33.8. The number of fused-ring (bicyclic) bond motifs is 1. The summed E-state index contributed by atoms with van der Waals surface area (Å²) in [6, 6.07) is 12.3. The van der Waals surface area contributed by atoms with E-state index in [0.717, 1.165) is 0 Å². The lowest BCUT2D eigenvalue weighted by atomic mass is 10.2. The summed E-state index contributed by atoms with van der Waals surface area (Å²) in [6.45, 7) is 3.47. The quantitative estimate of drug-likeness (QED) is 0.323. The van der Waals surface area contributed by atoms with Crippen molar-refractivity contribution in [3.8, 4) is 17.2 Å². The Bertz CT molecular complexity index is 1440. The molecule has 2 N–H and O–H groups in total. The lowest BCUT2D eigenvalue weighted by molar-refractivity contribution is -0.666. The number of methoxy groups -OCH3 is 2. The fourth-order valence-electron chi connectivity index (χ4n) is 3.37. The van der Waals surface area contributed by atoms with E-state index >= 15 is 0 Å². The number of nitrogens with one attached hydrogen (secondary N) is 2. The first-order valence-corrected chi connectivity index (χ1v) is 10.2. The second-order valence-electron chi connectivity index (χ2n) is 7.25. The summed E-state index contributed by atoms with van der Waals surface area (Å²) < 4.78 is 13.6. The van der Waals surface area contributed by atoms with E-state index in [1.54, 1.807) is 70.1 Å². The van der Waals surface area contributed by atoms with Gasteiger partial charge in [-0.25, -0.2) is 9.78 Å². The highest BCUT2D eigenvalue weighted by molar-refractivity contribution is 6.01. The van der Waals surface area contributed by atoms with Gasteiger partial charge in [-0.1, -0.05) is 23.7 Å². The third-order valence-corrected chi connectivity index (χ3v) is 5.11. The Morgan fingerprint density at radius 3 is 2.44 bits per heavy atom. The predicted molar refractivity (Wildman–Crippen MR) is 128 cm³/mol. The van der Waals surface area contributed by atoms with Crippen LogP contribution in [0.3, 0.4) is 0 Å². The van der Waals surface area contributed by atoms with Gasteiger partial charge in [0.25, 0.3) is 5.65 Å². The highest BCUT2D eigenvalue weighted by Crippen LogP contribution is 2.26. The first-order chi connectivity index (χ1) is 16.4. The molecule has 10 heteroatoms. The molecule has 0 saturated carbocycles. The SMILES string of the molecule is C=CC(=O)Nc1ccccc1Nc1ncc2cn(-c3cc(OC)cc(OC)c3)c(=O)[n+](C)c2n1.